The molecule has 0 saturated heterocycles. The van der Waals surface area contributed by atoms with Crippen LogP contribution in [-0.2, 0) is 29.9 Å². The number of aromatic nitrogens is 5. The fourth-order valence-corrected chi connectivity index (χ4v) is 7.00. The quantitative estimate of drug-likeness (QED) is 0.127. The average molecular weight is 711 g/mol. The number of rotatable bonds is 7. The average Bonchev–Trinajstić information content (AvgIpc) is 3.32. The van der Waals surface area contributed by atoms with Gasteiger partial charge in [-0.15, -0.1) is 0 Å². The van der Waals surface area contributed by atoms with Gasteiger partial charge in [-0.25, -0.2) is 18.7 Å². The summed E-state index contributed by atoms with van der Waals surface area (Å²) in [6.45, 7) is 3.35. The molecular weight excluding hydrogens is 681 g/mol. The van der Waals surface area contributed by atoms with Gasteiger partial charge in [-0.2, -0.15) is 27.1 Å². The molecule has 7 rings (SSSR count). The summed E-state index contributed by atoms with van der Waals surface area (Å²) in [5.74, 6) is -4.13. The van der Waals surface area contributed by atoms with Gasteiger partial charge in [0.15, 0.2) is 5.69 Å². The van der Waals surface area contributed by atoms with Crippen molar-refractivity contribution < 1.29 is 40.6 Å². The number of alkyl halides is 5. The second-order valence-electron chi connectivity index (χ2n) is 13.5. The number of H-pyrrole nitrogens is 1. The third-order valence-corrected chi connectivity index (χ3v) is 9.16. The van der Waals surface area contributed by atoms with E-state index in [9.17, 15) is 31.9 Å². The number of carbonyl (C=O) groups excluding carboxylic acids is 1. The molecule has 2 aliphatic rings. The molecule has 5 aromatic rings. The lowest BCUT2D eigenvalue weighted by molar-refractivity contribution is -0.142. The number of benzene rings is 1. The van der Waals surface area contributed by atoms with E-state index in [0.717, 1.165) is 17.5 Å². The molecule has 4 heterocycles. The van der Waals surface area contributed by atoms with E-state index in [0.29, 0.717) is 27.5 Å². The molecular formula is C36H29F7N6O2. The van der Waals surface area contributed by atoms with Gasteiger partial charge in [-0.1, -0.05) is 12.8 Å². The summed E-state index contributed by atoms with van der Waals surface area (Å²) in [4.78, 5) is 25.8. The monoisotopic (exact) mass is 710 g/mol. The zero-order valence-corrected chi connectivity index (χ0v) is 27.2. The van der Waals surface area contributed by atoms with Crippen LogP contribution in [0.15, 0.2) is 54.9 Å². The zero-order valence-electron chi connectivity index (χ0n) is 27.2. The standard InChI is InChI=1S/C36H29F7N6O2/c1-17-27-28-31(36(41,42)43)48-49(32(28)35(39,40)29(17)27)16-26(50)47-25(12-18-10-21(37)14-22(38)11-18)30-24(5-4-23(46-30)6-8-34(2,3)51)20-13-19-7-9-44-33(19)45-15-20/h4-5,7,9-11,13-15,17,25,27,29,51H,12,16H2,1-3H3,(H,44,45)(H,47,50)/t17-,25+,27-,29-/m1/s1. The molecule has 0 aliphatic heterocycles. The summed E-state index contributed by atoms with van der Waals surface area (Å²) >= 11 is 0. The second kappa shape index (κ2) is 11.9. The van der Waals surface area contributed by atoms with E-state index >= 15 is 8.78 Å². The first-order chi connectivity index (χ1) is 23.9. The van der Waals surface area contributed by atoms with Gasteiger partial charge in [0.25, 0.3) is 5.92 Å². The van der Waals surface area contributed by atoms with E-state index in [1.165, 1.54) is 27.0 Å². The SMILES string of the molecule is C[C@@H]1[C@@H]2c3c(C(F)(F)F)nn(CC(=O)N[C@@H](Cc4cc(F)cc(F)c4)c4nc(C#CC(C)(C)O)ccc4-c4cnc5[nH]ccc5c4)c3C(F)(F)[C@H]12. The number of carbonyl (C=O) groups is 1. The molecule has 4 atom stereocenters. The van der Waals surface area contributed by atoms with Gasteiger partial charge in [0.1, 0.15) is 40.8 Å². The van der Waals surface area contributed by atoms with Crippen LogP contribution in [0.1, 0.15) is 66.6 Å². The summed E-state index contributed by atoms with van der Waals surface area (Å²) in [5.41, 5.74) is -2.56. The van der Waals surface area contributed by atoms with Gasteiger partial charge < -0.3 is 15.4 Å². The van der Waals surface area contributed by atoms with Crippen LogP contribution in [0.4, 0.5) is 30.7 Å². The Balaban J connectivity index is 1.32. The third-order valence-electron chi connectivity index (χ3n) is 9.16. The molecule has 1 fully saturated rings. The van der Waals surface area contributed by atoms with Crippen LogP contribution in [-0.4, -0.2) is 41.3 Å². The van der Waals surface area contributed by atoms with E-state index in [1.54, 1.807) is 30.5 Å². The van der Waals surface area contributed by atoms with E-state index in [2.05, 4.69) is 37.2 Å². The van der Waals surface area contributed by atoms with Crippen LogP contribution in [0.2, 0.25) is 0 Å². The van der Waals surface area contributed by atoms with E-state index in [-0.39, 0.29) is 23.4 Å². The Kier molecular flexibility index (Phi) is 8.01. The number of fused-ring (bicyclic) bond motifs is 4. The summed E-state index contributed by atoms with van der Waals surface area (Å²) in [7, 11) is 0. The Bertz CT molecular complexity index is 2240. The minimum Gasteiger partial charge on any atom is -0.378 e. The highest BCUT2D eigenvalue weighted by Crippen LogP contribution is 2.71. The minimum atomic E-state index is -5.04. The molecule has 0 unspecified atom stereocenters. The number of amides is 1. The summed E-state index contributed by atoms with van der Waals surface area (Å²) in [6.07, 6.45) is -2.11. The van der Waals surface area contributed by atoms with E-state index in [4.69, 9.17) is 0 Å². The topological polar surface area (TPSA) is 109 Å². The molecule has 3 N–H and O–H groups in total. The van der Waals surface area contributed by atoms with Crippen molar-refractivity contribution >= 4 is 16.9 Å². The van der Waals surface area contributed by atoms with Crippen molar-refractivity contribution in [3.63, 3.8) is 0 Å². The van der Waals surface area contributed by atoms with Crippen molar-refractivity contribution in [2.24, 2.45) is 11.8 Å². The Morgan fingerprint density at radius 1 is 1.12 bits per heavy atom. The normalized spacial score (nSPS) is 19.6. The molecule has 2 aliphatic carbocycles. The lowest BCUT2D eigenvalue weighted by atomic mass is 9.95. The lowest BCUT2D eigenvalue weighted by Crippen LogP contribution is -2.35. The van der Waals surface area contributed by atoms with Gasteiger partial charge in [0.05, 0.1) is 11.7 Å². The van der Waals surface area contributed by atoms with Crippen molar-refractivity contribution in [1.82, 2.24) is 30.0 Å². The minimum absolute atomic E-state index is 0.0812. The number of hydrogen-bond acceptors (Lipinski definition) is 5. The van der Waals surface area contributed by atoms with Crippen LogP contribution in [0.25, 0.3) is 22.2 Å². The molecule has 51 heavy (non-hydrogen) atoms. The van der Waals surface area contributed by atoms with Crippen molar-refractivity contribution in [1.29, 1.82) is 0 Å². The summed E-state index contributed by atoms with van der Waals surface area (Å²) in [5, 5.41) is 17.0. The van der Waals surface area contributed by atoms with Crippen molar-refractivity contribution in [2.75, 3.05) is 0 Å². The first-order valence-corrected chi connectivity index (χ1v) is 15.9. The highest BCUT2D eigenvalue weighted by Gasteiger charge is 2.72. The number of halogens is 7. The van der Waals surface area contributed by atoms with Gasteiger partial charge in [-0.05, 0) is 74.1 Å². The summed E-state index contributed by atoms with van der Waals surface area (Å²) in [6, 6.07) is 8.24. The van der Waals surface area contributed by atoms with Gasteiger partial charge in [0.2, 0.25) is 5.91 Å². The predicted molar refractivity (Wildman–Crippen MR) is 170 cm³/mol. The van der Waals surface area contributed by atoms with Crippen molar-refractivity contribution in [3.05, 3.63) is 100 Å². The van der Waals surface area contributed by atoms with Crippen molar-refractivity contribution in [3.8, 4) is 23.0 Å². The maximum absolute atomic E-state index is 15.5. The number of pyridine rings is 2. The first kappa shape index (κ1) is 34.2. The number of aromatic amines is 1. The molecule has 1 amide bonds. The molecule has 0 radical (unpaired) electrons. The maximum atomic E-state index is 15.5. The van der Waals surface area contributed by atoms with Crippen LogP contribution in [0.5, 0.6) is 0 Å². The Labute approximate surface area is 286 Å². The van der Waals surface area contributed by atoms with E-state index in [1.807, 2.05) is 0 Å². The molecule has 264 valence electrons. The molecule has 8 nitrogen and oxygen atoms in total. The molecule has 0 bridgehead atoms. The highest BCUT2D eigenvalue weighted by molar-refractivity contribution is 5.82. The molecule has 4 aromatic heterocycles. The number of aliphatic hydroxyl groups is 1. The molecule has 1 saturated carbocycles. The lowest BCUT2D eigenvalue weighted by Gasteiger charge is -2.23. The number of hydrogen-bond donors (Lipinski definition) is 3. The number of nitrogens with one attached hydrogen (secondary N) is 2. The smallest absolute Gasteiger partial charge is 0.378 e. The largest absolute Gasteiger partial charge is 0.435 e. The van der Waals surface area contributed by atoms with Gasteiger partial charge in [-0.3, -0.25) is 9.48 Å². The summed E-state index contributed by atoms with van der Waals surface area (Å²) < 4.78 is 102. The zero-order chi connectivity index (χ0) is 36.6. The highest BCUT2D eigenvalue weighted by atomic mass is 19.4. The van der Waals surface area contributed by atoms with Crippen LogP contribution in [0.3, 0.4) is 0 Å². The number of nitrogens with zero attached hydrogens (tertiary/aromatic N) is 4. The van der Waals surface area contributed by atoms with Crippen LogP contribution < -0.4 is 5.32 Å². The van der Waals surface area contributed by atoms with Crippen LogP contribution >= 0.6 is 0 Å². The van der Waals surface area contributed by atoms with Gasteiger partial charge >= 0.3 is 6.18 Å². The van der Waals surface area contributed by atoms with Gasteiger partial charge in [0, 0.05) is 52.4 Å². The Morgan fingerprint density at radius 2 is 1.84 bits per heavy atom. The maximum Gasteiger partial charge on any atom is 0.435 e. The molecule has 1 aromatic carbocycles. The molecule has 15 heteroatoms. The van der Waals surface area contributed by atoms with Crippen LogP contribution in [0, 0.1) is 35.3 Å². The molecule has 0 spiro atoms. The Morgan fingerprint density at radius 3 is 2.53 bits per heavy atom. The Hall–Kier alpha value is -5.23. The first-order valence-electron chi connectivity index (χ1n) is 15.9. The fourth-order valence-electron chi connectivity index (χ4n) is 7.00. The van der Waals surface area contributed by atoms with E-state index < -0.39 is 82.5 Å². The fraction of sp³-hybridized carbons (Fsp3) is 0.333. The predicted octanol–water partition coefficient (Wildman–Crippen LogP) is 6.80. The third kappa shape index (κ3) is 6.44. The second-order valence-corrected chi connectivity index (χ2v) is 13.5. The van der Waals surface area contributed by atoms with Crippen molar-refractivity contribution in [2.45, 2.75) is 63.4 Å².